The molecule has 2 amide bonds. The van der Waals surface area contributed by atoms with Gasteiger partial charge in [-0.15, -0.1) is 11.3 Å². The third kappa shape index (κ3) is 3.22. The molecule has 2 N–H and O–H groups in total. The fourth-order valence-corrected chi connectivity index (χ4v) is 5.62. The summed E-state index contributed by atoms with van der Waals surface area (Å²) in [6.45, 7) is 3.69. The number of hydrogen-bond acceptors (Lipinski definition) is 5. The third-order valence-corrected chi connectivity index (χ3v) is 6.51. The van der Waals surface area contributed by atoms with Gasteiger partial charge in [-0.1, -0.05) is 0 Å². The molecule has 8 heteroatoms. The molecule has 3 rings (SSSR count). The SMILES string of the molecule is Cc1nc2ccc(NC(=O)N[C@@]3(C)CCS(=O)(=O)C3)cc2s1. The maximum atomic E-state index is 12.1. The number of carbonyl (C=O) groups is 1. The molecule has 6 nitrogen and oxygen atoms in total. The highest BCUT2D eigenvalue weighted by Crippen LogP contribution is 2.25. The summed E-state index contributed by atoms with van der Waals surface area (Å²) in [5.41, 5.74) is 0.870. The zero-order chi connectivity index (χ0) is 16.0. The molecule has 1 aliphatic rings. The van der Waals surface area contributed by atoms with Crippen LogP contribution in [0, 0.1) is 6.92 Å². The monoisotopic (exact) mass is 339 g/mol. The Morgan fingerprint density at radius 1 is 1.41 bits per heavy atom. The molecular weight excluding hydrogens is 322 g/mol. The Kier molecular flexibility index (Phi) is 3.60. The second kappa shape index (κ2) is 5.20. The van der Waals surface area contributed by atoms with Gasteiger partial charge in [0.25, 0.3) is 0 Å². The average molecular weight is 339 g/mol. The number of amides is 2. The lowest BCUT2D eigenvalue weighted by Crippen LogP contribution is -2.48. The van der Waals surface area contributed by atoms with Crippen LogP contribution in [0.5, 0.6) is 0 Å². The predicted octanol–water partition coefficient (Wildman–Crippen LogP) is 2.30. The second-order valence-corrected chi connectivity index (χ2v) is 9.32. The number of fused-ring (bicyclic) bond motifs is 1. The van der Waals surface area contributed by atoms with E-state index in [4.69, 9.17) is 0 Å². The molecule has 22 heavy (non-hydrogen) atoms. The first-order valence-corrected chi connectivity index (χ1v) is 9.55. The van der Waals surface area contributed by atoms with Gasteiger partial charge in [0.15, 0.2) is 9.84 Å². The molecular formula is C14H17N3O3S2. The molecule has 1 saturated heterocycles. The van der Waals surface area contributed by atoms with E-state index in [2.05, 4.69) is 15.6 Å². The minimum Gasteiger partial charge on any atom is -0.332 e. The van der Waals surface area contributed by atoms with E-state index in [0.29, 0.717) is 12.1 Å². The molecule has 118 valence electrons. The van der Waals surface area contributed by atoms with E-state index < -0.39 is 15.4 Å². The van der Waals surface area contributed by atoms with Gasteiger partial charge in [0.1, 0.15) is 0 Å². The normalized spacial score (nSPS) is 23.5. The van der Waals surface area contributed by atoms with Crippen molar-refractivity contribution in [1.82, 2.24) is 10.3 Å². The number of nitrogens with zero attached hydrogens (tertiary/aromatic N) is 1. The highest BCUT2D eigenvalue weighted by atomic mass is 32.2. The van der Waals surface area contributed by atoms with Crippen molar-refractivity contribution in [3.8, 4) is 0 Å². The summed E-state index contributed by atoms with van der Waals surface area (Å²) in [6, 6.07) is 5.12. The van der Waals surface area contributed by atoms with E-state index in [1.807, 2.05) is 19.1 Å². The molecule has 2 aromatic rings. The Morgan fingerprint density at radius 2 is 2.18 bits per heavy atom. The van der Waals surface area contributed by atoms with E-state index in [1.165, 1.54) is 0 Å². The van der Waals surface area contributed by atoms with Crippen molar-refractivity contribution in [2.24, 2.45) is 0 Å². The largest absolute Gasteiger partial charge is 0.332 e. The second-order valence-electron chi connectivity index (χ2n) is 5.90. The summed E-state index contributed by atoms with van der Waals surface area (Å²) in [7, 11) is -3.05. The van der Waals surface area contributed by atoms with Gasteiger partial charge in [-0.2, -0.15) is 0 Å². The van der Waals surface area contributed by atoms with Crippen molar-refractivity contribution < 1.29 is 13.2 Å². The number of sulfone groups is 1. The van der Waals surface area contributed by atoms with Crippen LogP contribution in [0.25, 0.3) is 10.2 Å². The van der Waals surface area contributed by atoms with Crippen LogP contribution in [0.3, 0.4) is 0 Å². The molecule has 0 bridgehead atoms. The van der Waals surface area contributed by atoms with Gasteiger partial charge in [-0.25, -0.2) is 18.2 Å². The van der Waals surface area contributed by atoms with Crippen LogP contribution in [0.15, 0.2) is 18.2 Å². The van der Waals surface area contributed by atoms with Crippen molar-refractivity contribution >= 4 is 43.1 Å². The summed E-state index contributed by atoms with van der Waals surface area (Å²) in [5, 5.41) is 6.50. The maximum absolute atomic E-state index is 12.1. The highest BCUT2D eigenvalue weighted by molar-refractivity contribution is 7.91. The van der Waals surface area contributed by atoms with E-state index >= 15 is 0 Å². The Labute approximate surface area is 132 Å². The Hall–Kier alpha value is -1.67. The molecule has 1 aliphatic heterocycles. The van der Waals surface area contributed by atoms with Crippen molar-refractivity contribution in [2.75, 3.05) is 16.8 Å². The fraction of sp³-hybridized carbons (Fsp3) is 0.429. The fourth-order valence-electron chi connectivity index (χ4n) is 2.66. The standard InChI is InChI=1S/C14H17N3O3S2/c1-9-15-11-4-3-10(7-12(11)21-9)16-13(18)17-14(2)5-6-22(19,20)8-14/h3-4,7H,5-6,8H2,1-2H3,(H2,16,17,18)/t14-/m0/s1. The van der Waals surface area contributed by atoms with Crippen LogP contribution in [0.1, 0.15) is 18.4 Å². The molecule has 1 atom stereocenters. The summed E-state index contributed by atoms with van der Waals surface area (Å²) >= 11 is 1.56. The van der Waals surface area contributed by atoms with E-state index in [0.717, 1.165) is 15.2 Å². The van der Waals surface area contributed by atoms with Gasteiger partial charge in [0.2, 0.25) is 0 Å². The first-order chi connectivity index (χ1) is 10.2. The van der Waals surface area contributed by atoms with Gasteiger partial charge in [-0.05, 0) is 38.5 Å². The van der Waals surface area contributed by atoms with Crippen LogP contribution < -0.4 is 10.6 Å². The number of anilines is 1. The van der Waals surface area contributed by atoms with Crippen LogP contribution in [0.2, 0.25) is 0 Å². The van der Waals surface area contributed by atoms with Gasteiger partial charge in [0.05, 0.1) is 32.3 Å². The Morgan fingerprint density at radius 3 is 2.86 bits per heavy atom. The lowest BCUT2D eigenvalue weighted by molar-refractivity contribution is 0.242. The van der Waals surface area contributed by atoms with Gasteiger partial charge < -0.3 is 10.6 Å². The van der Waals surface area contributed by atoms with Crippen LogP contribution in [-0.2, 0) is 9.84 Å². The van der Waals surface area contributed by atoms with E-state index in [1.54, 1.807) is 24.3 Å². The van der Waals surface area contributed by atoms with Crippen LogP contribution in [0.4, 0.5) is 10.5 Å². The van der Waals surface area contributed by atoms with Crippen molar-refractivity contribution in [1.29, 1.82) is 0 Å². The van der Waals surface area contributed by atoms with Crippen molar-refractivity contribution in [3.05, 3.63) is 23.2 Å². The first-order valence-electron chi connectivity index (χ1n) is 6.92. The van der Waals surface area contributed by atoms with Crippen LogP contribution in [-0.4, -0.2) is 36.5 Å². The number of urea groups is 1. The number of aromatic nitrogens is 1. The summed E-state index contributed by atoms with van der Waals surface area (Å²) < 4.78 is 24.1. The van der Waals surface area contributed by atoms with Gasteiger partial charge >= 0.3 is 6.03 Å². The zero-order valence-electron chi connectivity index (χ0n) is 12.3. The van der Waals surface area contributed by atoms with Gasteiger partial charge in [0, 0.05) is 5.69 Å². The molecule has 2 heterocycles. The van der Waals surface area contributed by atoms with E-state index in [9.17, 15) is 13.2 Å². The Balaban J connectivity index is 1.70. The summed E-state index contributed by atoms with van der Waals surface area (Å²) in [5.74, 6) is 0.108. The molecule has 0 unspecified atom stereocenters. The van der Waals surface area contributed by atoms with E-state index in [-0.39, 0.29) is 17.5 Å². The first kappa shape index (κ1) is 15.2. The molecule has 0 spiro atoms. The molecule has 0 radical (unpaired) electrons. The number of carbonyl (C=O) groups excluding carboxylic acids is 1. The molecule has 0 aliphatic carbocycles. The maximum Gasteiger partial charge on any atom is 0.319 e. The van der Waals surface area contributed by atoms with Gasteiger partial charge in [-0.3, -0.25) is 0 Å². The molecule has 1 aromatic heterocycles. The number of benzene rings is 1. The van der Waals surface area contributed by atoms with Crippen molar-refractivity contribution in [3.63, 3.8) is 0 Å². The predicted molar refractivity (Wildman–Crippen MR) is 88.2 cm³/mol. The number of thiazole rings is 1. The quantitative estimate of drug-likeness (QED) is 0.879. The smallest absolute Gasteiger partial charge is 0.319 e. The molecule has 1 aromatic carbocycles. The topological polar surface area (TPSA) is 88.2 Å². The Bertz CT molecular complexity index is 844. The molecule has 1 fully saturated rings. The number of hydrogen-bond donors (Lipinski definition) is 2. The highest BCUT2D eigenvalue weighted by Gasteiger charge is 2.39. The third-order valence-electron chi connectivity index (χ3n) is 3.67. The van der Waals surface area contributed by atoms with Crippen molar-refractivity contribution in [2.45, 2.75) is 25.8 Å². The lowest BCUT2D eigenvalue weighted by atomic mass is 10.0. The number of nitrogens with one attached hydrogen (secondary N) is 2. The minimum absolute atomic E-state index is 0.0134. The molecule has 0 saturated carbocycles. The zero-order valence-corrected chi connectivity index (χ0v) is 14.0. The number of aryl methyl sites for hydroxylation is 1. The average Bonchev–Trinajstić information content (AvgIpc) is 2.87. The summed E-state index contributed by atoms with van der Waals surface area (Å²) in [4.78, 5) is 16.5. The summed E-state index contributed by atoms with van der Waals surface area (Å²) in [6.07, 6.45) is 0.440. The van der Waals surface area contributed by atoms with Crippen LogP contribution >= 0.6 is 11.3 Å². The lowest BCUT2D eigenvalue weighted by Gasteiger charge is -2.24. The minimum atomic E-state index is -3.05. The number of rotatable bonds is 2.